The lowest BCUT2D eigenvalue weighted by Gasteiger charge is -2.08. The minimum absolute atomic E-state index is 0.0206. The normalized spacial score (nSPS) is 10.4. The summed E-state index contributed by atoms with van der Waals surface area (Å²) in [6.45, 7) is 5.36. The van der Waals surface area contributed by atoms with Crippen LogP contribution in [-0.4, -0.2) is 31.0 Å². The summed E-state index contributed by atoms with van der Waals surface area (Å²) in [5.41, 5.74) is 1.20. The molecule has 0 bridgehead atoms. The van der Waals surface area contributed by atoms with E-state index in [9.17, 15) is 4.39 Å². The van der Waals surface area contributed by atoms with Crippen LogP contribution in [0.4, 0.5) is 4.39 Å². The molecule has 0 fully saturated rings. The largest absolute Gasteiger partial charge is 0.395 e. The topological polar surface area (TPSA) is 38.7 Å². The zero-order chi connectivity index (χ0) is 14.8. The zero-order valence-electron chi connectivity index (χ0n) is 12.0. The van der Waals surface area contributed by atoms with Crippen LogP contribution < -0.4 is 0 Å². The van der Waals surface area contributed by atoms with Crippen LogP contribution in [0.2, 0.25) is 0 Å². The molecule has 110 valence electrons. The van der Waals surface area contributed by atoms with Gasteiger partial charge in [0.2, 0.25) is 0 Å². The zero-order valence-corrected chi connectivity index (χ0v) is 12.0. The van der Waals surface area contributed by atoms with Crippen LogP contribution in [-0.2, 0) is 16.1 Å². The van der Waals surface area contributed by atoms with Crippen LogP contribution >= 0.6 is 0 Å². The summed E-state index contributed by atoms with van der Waals surface area (Å²) in [5, 5.41) is 8.65. The number of hydrogen-bond donors (Lipinski definition) is 1. The Hall–Kier alpha value is -1.41. The molecule has 0 heterocycles. The Morgan fingerprint density at radius 2 is 2.10 bits per heavy atom. The first kappa shape index (κ1) is 16.6. The molecule has 0 spiro atoms. The van der Waals surface area contributed by atoms with Crippen molar-refractivity contribution in [1.82, 2.24) is 0 Å². The Kier molecular flexibility index (Phi) is 7.89. The molecule has 0 radical (unpaired) electrons. The second-order valence-electron chi connectivity index (χ2n) is 4.56. The van der Waals surface area contributed by atoms with Gasteiger partial charge in [0.25, 0.3) is 0 Å². The molecular weight excluding hydrogens is 259 g/mol. The minimum atomic E-state index is -0.359. The lowest BCUT2D eigenvalue weighted by Crippen LogP contribution is -2.09. The van der Waals surface area contributed by atoms with Crippen molar-refractivity contribution in [3.63, 3.8) is 0 Å². The third kappa shape index (κ3) is 6.67. The lowest BCUT2D eigenvalue weighted by molar-refractivity contribution is 0.0143. The molecule has 0 saturated carbocycles. The standard InChI is InChI=1S/C16H21FO3/c1-13(2)20-10-9-19-12-14-6-7-16(17)15(11-14)5-3-4-8-18/h6-7,11,13,18H,4,8-10,12H2,1-2H3. The van der Waals surface area contributed by atoms with Crippen molar-refractivity contribution in [3.8, 4) is 11.8 Å². The first-order chi connectivity index (χ1) is 9.63. The highest BCUT2D eigenvalue weighted by Crippen LogP contribution is 2.10. The molecule has 1 rings (SSSR count). The molecule has 1 aromatic carbocycles. The quantitative estimate of drug-likeness (QED) is 0.616. The van der Waals surface area contributed by atoms with Gasteiger partial charge in [0.05, 0.1) is 38.1 Å². The van der Waals surface area contributed by atoms with E-state index in [2.05, 4.69) is 11.8 Å². The van der Waals surface area contributed by atoms with Crippen molar-refractivity contribution < 1.29 is 19.0 Å². The molecular formula is C16H21FO3. The first-order valence-electron chi connectivity index (χ1n) is 6.71. The molecule has 0 aliphatic heterocycles. The van der Waals surface area contributed by atoms with Crippen molar-refractivity contribution in [2.45, 2.75) is 33.0 Å². The van der Waals surface area contributed by atoms with Crippen LogP contribution in [0.25, 0.3) is 0 Å². The van der Waals surface area contributed by atoms with Crippen molar-refractivity contribution >= 4 is 0 Å². The molecule has 0 amide bonds. The van der Waals surface area contributed by atoms with E-state index in [1.165, 1.54) is 6.07 Å². The number of ether oxygens (including phenoxy) is 2. The van der Waals surface area contributed by atoms with E-state index in [1.54, 1.807) is 12.1 Å². The maximum absolute atomic E-state index is 13.5. The number of rotatable bonds is 7. The molecule has 0 unspecified atom stereocenters. The summed E-state index contributed by atoms with van der Waals surface area (Å²) in [4.78, 5) is 0. The Bertz CT molecular complexity index is 461. The highest BCUT2D eigenvalue weighted by molar-refractivity contribution is 5.38. The van der Waals surface area contributed by atoms with Gasteiger partial charge in [-0.05, 0) is 31.5 Å². The van der Waals surface area contributed by atoms with Gasteiger partial charge >= 0.3 is 0 Å². The lowest BCUT2D eigenvalue weighted by atomic mass is 10.1. The average Bonchev–Trinajstić information content (AvgIpc) is 2.41. The SMILES string of the molecule is CC(C)OCCOCc1ccc(F)c(C#CCCO)c1. The van der Waals surface area contributed by atoms with E-state index in [4.69, 9.17) is 14.6 Å². The molecule has 0 aliphatic rings. The number of hydrogen-bond acceptors (Lipinski definition) is 3. The van der Waals surface area contributed by atoms with Gasteiger partial charge in [-0.1, -0.05) is 17.9 Å². The number of aliphatic hydroxyl groups is 1. The molecule has 4 heteroatoms. The van der Waals surface area contributed by atoms with Gasteiger partial charge in [-0.3, -0.25) is 0 Å². The van der Waals surface area contributed by atoms with Gasteiger partial charge < -0.3 is 14.6 Å². The summed E-state index contributed by atoms with van der Waals surface area (Å²) in [5.74, 6) is 5.05. The van der Waals surface area contributed by atoms with Crippen molar-refractivity contribution in [3.05, 3.63) is 35.1 Å². The predicted molar refractivity (Wildman–Crippen MR) is 75.7 cm³/mol. The van der Waals surface area contributed by atoms with E-state index in [0.717, 1.165) is 5.56 Å². The van der Waals surface area contributed by atoms with Gasteiger partial charge in [-0.2, -0.15) is 0 Å². The minimum Gasteiger partial charge on any atom is -0.395 e. The fourth-order valence-electron chi connectivity index (χ4n) is 1.50. The molecule has 1 aromatic rings. The summed E-state index contributed by atoms with van der Waals surface area (Å²) in [6.07, 6.45) is 0.532. The summed E-state index contributed by atoms with van der Waals surface area (Å²) in [7, 11) is 0. The predicted octanol–water partition coefficient (Wildman–Crippen LogP) is 2.50. The second-order valence-corrected chi connectivity index (χ2v) is 4.56. The van der Waals surface area contributed by atoms with E-state index in [-0.39, 0.29) is 18.5 Å². The van der Waals surface area contributed by atoms with Crippen LogP contribution in [0, 0.1) is 17.7 Å². The highest BCUT2D eigenvalue weighted by atomic mass is 19.1. The Morgan fingerprint density at radius 3 is 2.80 bits per heavy atom. The Labute approximate surface area is 119 Å². The Balaban J connectivity index is 2.47. The number of benzene rings is 1. The van der Waals surface area contributed by atoms with Gasteiger partial charge in [-0.25, -0.2) is 4.39 Å². The average molecular weight is 280 g/mol. The van der Waals surface area contributed by atoms with E-state index in [0.29, 0.717) is 31.8 Å². The molecule has 3 nitrogen and oxygen atoms in total. The van der Waals surface area contributed by atoms with Crippen molar-refractivity contribution in [2.75, 3.05) is 19.8 Å². The summed E-state index contributed by atoms with van der Waals surface area (Å²) in [6, 6.07) is 4.73. The highest BCUT2D eigenvalue weighted by Gasteiger charge is 2.02. The van der Waals surface area contributed by atoms with Crippen LogP contribution in [0.5, 0.6) is 0 Å². The monoisotopic (exact) mass is 280 g/mol. The van der Waals surface area contributed by atoms with Crippen LogP contribution in [0.3, 0.4) is 0 Å². The van der Waals surface area contributed by atoms with E-state index >= 15 is 0 Å². The van der Waals surface area contributed by atoms with E-state index in [1.807, 2.05) is 13.8 Å². The van der Waals surface area contributed by atoms with Gasteiger partial charge in [-0.15, -0.1) is 0 Å². The number of aliphatic hydroxyl groups excluding tert-OH is 1. The second kappa shape index (κ2) is 9.49. The first-order valence-corrected chi connectivity index (χ1v) is 6.71. The van der Waals surface area contributed by atoms with E-state index < -0.39 is 0 Å². The fraction of sp³-hybridized carbons (Fsp3) is 0.500. The smallest absolute Gasteiger partial charge is 0.138 e. The summed E-state index contributed by atoms with van der Waals surface area (Å²) < 4.78 is 24.3. The molecule has 20 heavy (non-hydrogen) atoms. The molecule has 0 aromatic heterocycles. The van der Waals surface area contributed by atoms with Crippen molar-refractivity contribution in [2.24, 2.45) is 0 Å². The third-order valence-electron chi connectivity index (χ3n) is 2.44. The fourth-order valence-corrected chi connectivity index (χ4v) is 1.50. The maximum atomic E-state index is 13.5. The van der Waals surface area contributed by atoms with Crippen LogP contribution in [0.1, 0.15) is 31.4 Å². The van der Waals surface area contributed by atoms with Crippen LogP contribution in [0.15, 0.2) is 18.2 Å². The third-order valence-corrected chi connectivity index (χ3v) is 2.44. The maximum Gasteiger partial charge on any atom is 0.138 e. The van der Waals surface area contributed by atoms with Crippen molar-refractivity contribution in [1.29, 1.82) is 0 Å². The Morgan fingerprint density at radius 1 is 1.30 bits per heavy atom. The van der Waals surface area contributed by atoms with Gasteiger partial charge in [0, 0.05) is 6.42 Å². The number of halogens is 1. The molecule has 0 atom stereocenters. The summed E-state index contributed by atoms with van der Waals surface area (Å²) >= 11 is 0. The molecule has 0 saturated heterocycles. The van der Waals surface area contributed by atoms with Gasteiger partial charge in [0.15, 0.2) is 0 Å². The van der Waals surface area contributed by atoms with Gasteiger partial charge in [0.1, 0.15) is 5.82 Å². The molecule has 1 N–H and O–H groups in total. The molecule has 0 aliphatic carbocycles.